The molecule has 1 heteroatoms. The van der Waals surface area contributed by atoms with Crippen molar-refractivity contribution in [3.05, 3.63) is 53.6 Å². The molecule has 0 amide bonds. The highest BCUT2D eigenvalue weighted by Crippen LogP contribution is 2.33. The number of benzene rings is 2. The van der Waals surface area contributed by atoms with Gasteiger partial charge >= 0.3 is 0 Å². The zero-order chi connectivity index (χ0) is 13.7. The molecule has 100 valence electrons. The maximum Gasteiger partial charge on any atom is 0.123 e. The third-order valence-electron chi connectivity index (χ3n) is 3.49. The Bertz CT molecular complexity index is 543. The first-order valence-electron chi connectivity index (χ1n) is 7.17. The van der Waals surface area contributed by atoms with Crippen LogP contribution in [0.1, 0.15) is 37.8 Å². The SMILES string of the molecule is CCCc1cccc(-c2ccccc2O)c1CCC. The molecule has 0 fully saturated rings. The van der Waals surface area contributed by atoms with Gasteiger partial charge in [0.05, 0.1) is 0 Å². The fourth-order valence-electron chi connectivity index (χ4n) is 2.64. The Morgan fingerprint density at radius 2 is 1.47 bits per heavy atom. The first-order valence-corrected chi connectivity index (χ1v) is 7.17. The van der Waals surface area contributed by atoms with E-state index < -0.39 is 0 Å². The van der Waals surface area contributed by atoms with Crippen LogP contribution in [0.15, 0.2) is 42.5 Å². The summed E-state index contributed by atoms with van der Waals surface area (Å²) in [5.74, 6) is 0.369. The summed E-state index contributed by atoms with van der Waals surface area (Å²) in [4.78, 5) is 0. The molecular weight excluding hydrogens is 232 g/mol. The normalized spacial score (nSPS) is 10.6. The van der Waals surface area contributed by atoms with E-state index in [1.54, 1.807) is 6.07 Å². The summed E-state index contributed by atoms with van der Waals surface area (Å²) >= 11 is 0. The lowest BCUT2D eigenvalue weighted by molar-refractivity contribution is 0.477. The van der Waals surface area contributed by atoms with E-state index in [4.69, 9.17) is 0 Å². The van der Waals surface area contributed by atoms with E-state index in [0.29, 0.717) is 5.75 Å². The van der Waals surface area contributed by atoms with Gasteiger partial charge in [-0.2, -0.15) is 0 Å². The van der Waals surface area contributed by atoms with E-state index in [-0.39, 0.29) is 0 Å². The van der Waals surface area contributed by atoms with Crippen molar-refractivity contribution in [2.24, 2.45) is 0 Å². The highest BCUT2D eigenvalue weighted by atomic mass is 16.3. The first-order chi connectivity index (χ1) is 9.27. The Morgan fingerprint density at radius 3 is 2.16 bits per heavy atom. The van der Waals surface area contributed by atoms with E-state index in [1.807, 2.05) is 18.2 Å². The summed E-state index contributed by atoms with van der Waals surface area (Å²) in [6.45, 7) is 4.42. The van der Waals surface area contributed by atoms with Crippen LogP contribution in [-0.4, -0.2) is 5.11 Å². The van der Waals surface area contributed by atoms with Crippen LogP contribution in [0.4, 0.5) is 0 Å². The standard InChI is InChI=1S/C18H22O/c1-3-8-14-10-7-12-16(15(14)9-4-2)17-11-5-6-13-18(17)19/h5-7,10-13,19H,3-4,8-9H2,1-2H3. The Morgan fingerprint density at radius 1 is 0.789 bits per heavy atom. The van der Waals surface area contributed by atoms with Crippen LogP contribution in [0.5, 0.6) is 5.75 Å². The largest absolute Gasteiger partial charge is 0.507 e. The van der Waals surface area contributed by atoms with Crippen molar-refractivity contribution in [1.29, 1.82) is 0 Å². The van der Waals surface area contributed by atoms with Crippen LogP contribution >= 0.6 is 0 Å². The van der Waals surface area contributed by atoms with E-state index >= 15 is 0 Å². The van der Waals surface area contributed by atoms with Crippen molar-refractivity contribution >= 4 is 0 Å². The molecule has 0 aliphatic heterocycles. The number of aromatic hydroxyl groups is 1. The molecule has 19 heavy (non-hydrogen) atoms. The second kappa shape index (κ2) is 6.42. The fourth-order valence-corrected chi connectivity index (χ4v) is 2.64. The molecule has 0 heterocycles. The number of aryl methyl sites for hydroxylation is 1. The molecule has 2 rings (SSSR count). The van der Waals surface area contributed by atoms with Crippen molar-refractivity contribution in [2.45, 2.75) is 39.5 Å². The van der Waals surface area contributed by atoms with E-state index in [1.165, 1.54) is 16.7 Å². The van der Waals surface area contributed by atoms with Gasteiger partial charge in [0, 0.05) is 5.56 Å². The number of phenolic OH excluding ortho intramolecular Hbond substituents is 1. The topological polar surface area (TPSA) is 20.2 Å². The van der Waals surface area contributed by atoms with Crippen molar-refractivity contribution < 1.29 is 5.11 Å². The van der Waals surface area contributed by atoms with Gasteiger partial charge in [0.1, 0.15) is 5.75 Å². The minimum Gasteiger partial charge on any atom is -0.507 e. The maximum absolute atomic E-state index is 10.1. The summed E-state index contributed by atoms with van der Waals surface area (Å²) in [5, 5.41) is 10.1. The number of para-hydroxylation sites is 1. The molecule has 2 aromatic carbocycles. The molecule has 0 spiro atoms. The molecular formula is C18H22O. The average molecular weight is 254 g/mol. The lowest BCUT2D eigenvalue weighted by Crippen LogP contribution is -1.97. The molecule has 1 N–H and O–H groups in total. The number of phenols is 1. The molecule has 2 aromatic rings. The molecule has 0 bridgehead atoms. The molecule has 0 saturated carbocycles. The molecule has 1 nitrogen and oxygen atoms in total. The van der Waals surface area contributed by atoms with Gasteiger partial charge in [-0.05, 0) is 35.6 Å². The highest BCUT2D eigenvalue weighted by Gasteiger charge is 2.11. The predicted octanol–water partition coefficient (Wildman–Crippen LogP) is 4.96. The van der Waals surface area contributed by atoms with E-state index in [9.17, 15) is 5.11 Å². The molecule has 0 radical (unpaired) electrons. The van der Waals surface area contributed by atoms with Crippen LogP contribution in [0, 0.1) is 0 Å². The van der Waals surface area contributed by atoms with Gasteiger partial charge in [-0.15, -0.1) is 0 Å². The van der Waals surface area contributed by atoms with Crippen molar-refractivity contribution in [2.75, 3.05) is 0 Å². The van der Waals surface area contributed by atoms with Crippen LogP contribution in [0.3, 0.4) is 0 Å². The van der Waals surface area contributed by atoms with Crippen molar-refractivity contribution in [3.8, 4) is 16.9 Å². The summed E-state index contributed by atoms with van der Waals surface area (Å²) in [7, 11) is 0. The predicted molar refractivity (Wildman–Crippen MR) is 81.5 cm³/mol. The zero-order valence-corrected chi connectivity index (χ0v) is 11.8. The van der Waals surface area contributed by atoms with Crippen LogP contribution < -0.4 is 0 Å². The monoisotopic (exact) mass is 254 g/mol. The minimum atomic E-state index is 0.369. The third kappa shape index (κ3) is 2.98. The number of hydrogen-bond acceptors (Lipinski definition) is 1. The average Bonchev–Trinajstić information content (AvgIpc) is 2.42. The summed E-state index contributed by atoms with van der Waals surface area (Å²) < 4.78 is 0. The number of hydrogen-bond donors (Lipinski definition) is 1. The van der Waals surface area contributed by atoms with Gasteiger partial charge in [-0.3, -0.25) is 0 Å². The van der Waals surface area contributed by atoms with Gasteiger partial charge < -0.3 is 5.11 Å². The van der Waals surface area contributed by atoms with Crippen LogP contribution in [0.2, 0.25) is 0 Å². The van der Waals surface area contributed by atoms with Gasteiger partial charge in [0.15, 0.2) is 0 Å². The van der Waals surface area contributed by atoms with Gasteiger partial charge in [-0.1, -0.05) is 63.1 Å². The van der Waals surface area contributed by atoms with E-state index in [2.05, 4.69) is 32.0 Å². The zero-order valence-electron chi connectivity index (χ0n) is 11.8. The van der Waals surface area contributed by atoms with E-state index in [0.717, 1.165) is 31.2 Å². The Labute approximate surface area is 115 Å². The second-order valence-corrected chi connectivity index (χ2v) is 4.96. The summed E-state index contributed by atoms with van der Waals surface area (Å²) in [5.41, 5.74) is 4.95. The van der Waals surface area contributed by atoms with Crippen LogP contribution in [-0.2, 0) is 12.8 Å². The van der Waals surface area contributed by atoms with Crippen molar-refractivity contribution in [3.63, 3.8) is 0 Å². The van der Waals surface area contributed by atoms with Gasteiger partial charge in [0.2, 0.25) is 0 Å². The summed E-state index contributed by atoms with van der Waals surface area (Å²) in [6.07, 6.45) is 4.46. The van der Waals surface area contributed by atoms with Gasteiger partial charge in [0.25, 0.3) is 0 Å². The molecule has 0 aromatic heterocycles. The third-order valence-corrected chi connectivity index (χ3v) is 3.49. The molecule has 0 aliphatic rings. The lowest BCUT2D eigenvalue weighted by atomic mass is 9.90. The highest BCUT2D eigenvalue weighted by molar-refractivity contribution is 5.74. The molecule has 0 unspecified atom stereocenters. The number of rotatable bonds is 5. The summed E-state index contributed by atoms with van der Waals surface area (Å²) in [6, 6.07) is 14.1. The Kier molecular flexibility index (Phi) is 4.62. The smallest absolute Gasteiger partial charge is 0.123 e. The Balaban J connectivity index is 2.56. The Hall–Kier alpha value is -1.76. The second-order valence-electron chi connectivity index (χ2n) is 4.96. The van der Waals surface area contributed by atoms with Gasteiger partial charge in [-0.25, -0.2) is 0 Å². The minimum absolute atomic E-state index is 0.369. The molecule has 0 aliphatic carbocycles. The van der Waals surface area contributed by atoms with Crippen LogP contribution in [0.25, 0.3) is 11.1 Å². The lowest BCUT2D eigenvalue weighted by Gasteiger charge is -2.15. The molecule has 0 atom stereocenters. The van der Waals surface area contributed by atoms with Crippen molar-refractivity contribution in [1.82, 2.24) is 0 Å². The fraction of sp³-hybridized carbons (Fsp3) is 0.333. The first kappa shape index (κ1) is 13.7. The maximum atomic E-state index is 10.1. The quantitative estimate of drug-likeness (QED) is 0.799. The molecule has 0 saturated heterocycles.